The molecule has 6 rings (SSSR count). The van der Waals surface area contributed by atoms with Gasteiger partial charge >= 0.3 is 0 Å². The molecule has 2 atom stereocenters. The van der Waals surface area contributed by atoms with Crippen LogP contribution in [-0.2, 0) is 22.5 Å². The van der Waals surface area contributed by atoms with Crippen molar-refractivity contribution >= 4 is 17.5 Å². The summed E-state index contributed by atoms with van der Waals surface area (Å²) in [5, 5.41) is 3.49. The number of carbonyl (C=O) groups is 2. The SMILES string of the molecule is CC(C)c1cccc(C(NC(=O)C2Cc3ccccc3CN2C(=O)c2cccc(N3CCOCC3)c2)C2CCCC2)c1. The Morgan fingerprint density at radius 3 is 2.33 bits per heavy atom. The second-order valence-corrected chi connectivity index (χ2v) is 12.4. The lowest BCUT2D eigenvalue weighted by atomic mass is 9.88. The Morgan fingerprint density at radius 2 is 1.57 bits per heavy atom. The van der Waals surface area contributed by atoms with Gasteiger partial charge in [0.1, 0.15) is 6.04 Å². The third kappa shape index (κ3) is 6.10. The van der Waals surface area contributed by atoms with Gasteiger partial charge in [-0.1, -0.05) is 81.3 Å². The Hall–Kier alpha value is -3.64. The maximum atomic E-state index is 14.3. The number of morpholine rings is 1. The molecule has 2 fully saturated rings. The number of anilines is 1. The minimum Gasteiger partial charge on any atom is -0.378 e. The van der Waals surface area contributed by atoms with E-state index in [9.17, 15) is 9.59 Å². The smallest absolute Gasteiger partial charge is 0.254 e. The van der Waals surface area contributed by atoms with Crippen molar-refractivity contribution in [1.29, 1.82) is 0 Å². The minimum absolute atomic E-state index is 0.0579. The van der Waals surface area contributed by atoms with Crippen LogP contribution in [0.15, 0.2) is 72.8 Å². The van der Waals surface area contributed by atoms with Gasteiger partial charge in [0.2, 0.25) is 5.91 Å². The molecule has 2 aliphatic heterocycles. The highest BCUT2D eigenvalue weighted by Crippen LogP contribution is 2.37. The molecule has 42 heavy (non-hydrogen) atoms. The summed E-state index contributed by atoms with van der Waals surface area (Å²) in [6.07, 6.45) is 5.13. The molecule has 1 aliphatic carbocycles. The van der Waals surface area contributed by atoms with Crippen LogP contribution in [0, 0.1) is 5.92 Å². The summed E-state index contributed by atoms with van der Waals surface area (Å²) < 4.78 is 5.52. The molecule has 1 saturated carbocycles. The van der Waals surface area contributed by atoms with E-state index >= 15 is 0 Å². The molecule has 0 spiro atoms. The van der Waals surface area contributed by atoms with E-state index in [4.69, 9.17) is 4.74 Å². The molecule has 3 aromatic carbocycles. The van der Waals surface area contributed by atoms with E-state index in [-0.39, 0.29) is 17.9 Å². The normalized spacial score (nSPS) is 19.9. The van der Waals surface area contributed by atoms with Gasteiger partial charge in [-0.3, -0.25) is 9.59 Å². The van der Waals surface area contributed by atoms with E-state index in [0.29, 0.717) is 43.6 Å². The number of nitrogens with zero attached hydrogens (tertiary/aromatic N) is 2. The van der Waals surface area contributed by atoms with Crippen LogP contribution in [0.3, 0.4) is 0 Å². The molecule has 1 N–H and O–H groups in total. The Bertz CT molecular complexity index is 1410. The van der Waals surface area contributed by atoms with E-state index in [1.54, 1.807) is 4.90 Å². The minimum atomic E-state index is -0.573. The second-order valence-electron chi connectivity index (χ2n) is 12.4. The van der Waals surface area contributed by atoms with Crippen LogP contribution >= 0.6 is 0 Å². The van der Waals surface area contributed by atoms with Crippen molar-refractivity contribution in [2.75, 3.05) is 31.2 Å². The number of benzene rings is 3. The monoisotopic (exact) mass is 565 g/mol. The molecule has 3 aliphatic rings. The van der Waals surface area contributed by atoms with E-state index in [1.807, 2.05) is 30.3 Å². The van der Waals surface area contributed by atoms with Gasteiger partial charge in [-0.05, 0) is 65.1 Å². The molecule has 3 aromatic rings. The first-order chi connectivity index (χ1) is 20.5. The van der Waals surface area contributed by atoms with Gasteiger partial charge in [-0.2, -0.15) is 0 Å². The van der Waals surface area contributed by atoms with Crippen molar-refractivity contribution in [2.45, 2.75) is 70.5 Å². The van der Waals surface area contributed by atoms with Crippen molar-refractivity contribution in [1.82, 2.24) is 10.2 Å². The lowest BCUT2D eigenvalue weighted by Crippen LogP contribution is -2.53. The molecule has 2 heterocycles. The predicted octanol–water partition coefficient (Wildman–Crippen LogP) is 6.26. The zero-order valence-corrected chi connectivity index (χ0v) is 24.9. The van der Waals surface area contributed by atoms with Gasteiger partial charge in [0, 0.05) is 37.3 Å². The summed E-state index contributed by atoms with van der Waals surface area (Å²) in [4.78, 5) is 32.5. The Labute approximate surface area is 250 Å². The fraction of sp³-hybridized carbons (Fsp3) is 0.444. The summed E-state index contributed by atoms with van der Waals surface area (Å²) in [7, 11) is 0. The molecule has 0 aromatic heterocycles. The van der Waals surface area contributed by atoms with Gasteiger partial charge in [0.05, 0.1) is 19.3 Å². The average Bonchev–Trinajstić information content (AvgIpc) is 3.58. The van der Waals surface area contributed by atoms with Crippen molar-refractivity contribution in [2.24, 2.45) is 5.92 Å². The van der Waals surface area contributed by atoms with E-state index in [0.717, 1.165) is 42.7 Å². The van der Waals surface area contributed by atoms with Crippen LogP contribution in [0.1, 0.15) is 84.1 Å². The molecular weight excluding hydrogens is 522 g/mol. The van der Waals surface area contributed by atoms with Gasteiger partial charge in [0.15, 0.2) is 0 Å². The zero-order valence-electron chi connectivity index (χ0n) is 24.9. The summed E-state index contributed by atoms with van der Waals surface area (Å²) in [6.45, 7) is 7.82. The highest BCUT2D eigenvalue weighted by molar-refractivity contribution is 5.98. The molecule has 2 amide bonds. The third-order valence-corrected chi connectivity index (χ3v) is 9.39. The van der Waals surface area contributed by atoms with Crippen LogP contribution in [0.25, 0.3) is 0 Å². The highest BCUT2D eigenvalue weighted by atomic mass is 16.5. The fourth-order valence-electron chi connectivity index (χ4n) is 6.92. The Kier molecular flexibility index (Phi) is 8.61. The molecule has 1 saturated heterocycles. The molecule has 6 nitrogen and oxygen atoms in total. The van der Waals surface area contributed by atoms with Crippen molar-refractivity contribution in [3.63, 3.8) is 0 Å². The highest BCUT2D eigenvalue weighted by Gasteiger charge is 2.37. The number of rotatable bonds is 7. The summed E-state index contributed by atoms with van der Waals surface area (Å²) in [5.74, 6) is 0.663. The third-order valence-electron chi connectivity index (χ3n) is 9.39. The quantitative estimate of drug-likeness (QED) is 0.367. The van der Waals surface area contributed by atoms with Crippen molar-refractivity contribution in [3.05, 3.63) is 101 Å². The van der Waals surface area contributed by atoms with E-state index < -0.39 is 6.04 Å². The maximum Gasteiger partial charge on any atom is 0.254 e. The molecule has 0 radical (unpaired) electrons. The number of hydrogen-bond acceptors (Lipinski definition) is 4. The van der Waals surface area contributed by atoms with Gasteiger partial charge in [-0.15, -0.1) is 0 Å². The van der Waals surface area contributed by atoms with Crippen LogP contribution in [0.2, 0.25) is 0 Å². The Balaban J connectivity index is 1.30. The lowest BCUT2D eigenvalue weighted by Gasteiger charge is -2.38. The molecule has 220 valence electrons. The molecule has 6 heteroatoms. The van der Waals surface area contributed by atoms with Crippen molar-refractivity contribution < 1.29 is 14.3 Å². The average molecular weight is 566 g/mol. The Morgan fingerprint density at radius 1 is 0.857 bits per heavy atom. The topological polar surface area (TPSA) is 61.9 Å². The van der Waals surface area contributed by atoms with Crippen LogP contribution < -0.4 is 10.2 Å². The summed E-state index contributed by atoms with van der Waals surface area (Å²) in [6, 6.07) is 24.1. The molecule has 0 bridgehead atoms. The van der Waals surface area contributed by atoms with E-state index in [1.165, 1.54) is 24.0 Å². The fourth-order valence-corrected chi connectivity index (χ4v) is 6.92. The predicted molar refractivity (Wildman–Crippen MR) is 167 cm³/mol. The zero-order chi connectivity index (χ0) is 29.1. The first-order valence-corrected chi connectivity index (χ1v) is 15.7. The lowest BCUT2D eigenvalue weighted by molar-refractivity contribution is -0.127. The number of nitrogens with one attached hydrogen (secondary N) is 1. The van der Waals surface area contributed by atoms with Crippen LogP contribution in [0.4, 0.5) is 5.69 Å². The number of amides is 2. The van der Waals surface area contributed by atoms with E-state index in [2.05, 4.69) is 66.5 Å². The van der Waals surface area contributed by atoms with Gasteiger partial charge in [0.25, 0.3) is 5.91 Å². The largest absolute Gasteiger partial charge is 0.378 e. The van der Waals surface area contributed by atoms with Crippen molar-refractivity contribution in [3.8, 4) is 0 Å². The number of fused-ring (bicyclic) bond motifs is 1. The molecule has 2 unspecified atom stereocenters. The molecular formula is C36H43N3O3. The van der Waals surface area contributed by atoms with Crippen LogP contribution in [-0.4, -0.2) is 49.1 Å². The maximum absolute atomic E-state index is 14.3. The number of hydrogen-bond donors (Lipinski definition) is 1. The van der Waals surface area contributed by atoms with Gasteiger partial charge in [-0.25, -0.2) is 0 Å². The first kappa shape index (κ1) is 28.5. The summed E-state index contributed by atoms with van der Waals surface area (Å²) in [5.41, 5.74) is 6.35. The standard InChI is InChI=1S/C36H43N3O3/c1-25(2)27-13-7-14-29(21-27)34(26-9-3-4-10-26)37-35(40)33-23-28-11-5-6-12-31(28)24-39(33)36(41)30-15-8-16-32(22-30)38-17-19-42-20-18-38/h5-8,11-16,21-22,25-26,33-34H,3-4,9-10,17-20,23-24H2,1-2H3,(H,37,40). The number of carbonyl (C=O) groups excluding carboxylic acids is 2. The summed E-state index contributed by atoms with van der Waals surface area (Å²) >= 11 is 0. The second kappa shape index (κ2) is 12.7. The number of ether oxygens (including phenoxy) is 1. The first-order valence-electron chi connectivity index (χ1n) is 15.7. The van der Waals surface area contributed by atoms with Crippen LogP contribution in [0.5, 0.6) is 0 Å². The van der Waals surface area contributed by atoms with Gasteiger partial charge < -0.3 is 19.9 Å².